The summed E-state index contributed by atoms with van der Waals surface area (Å²) in [5.74, 6) is 0.0750. The maximum absolute atomic E-state index is 13.6. The number of rotatable bonds is 9. The number of nitrogens with zero attached hydrogens (tertiary/aromatic N) is 3. The lowest BCUT2D eigenvalue weighted by molar-refractivity contribution is -0.119. The Morgan fingerprint density at radius 2 is 1.69 bits per heavy atom. The minimum Gasteiger partial charge on any atom is -0.497 e. The van der Waals surface area contributed by atoms with E-state index in [0.717, 1.165) is 4.31 Å². The number of carbonyl (C=O) groups is 1. The quantitative estimate of drug-likeness (QED) is 0.472. The van der Waals surface area contributed by atoms with Gasteiger partial charge in [-0.3, -0.25) is 18.2 Å². The smallest absolute Gasteiger partial charge is 0.328 e. The van der Waals surface area contributed by atoms with Crippen LogP contribution in [0.15, 0.2) is 52.2 Å². The largest absolute Gasteiger partial charge is 0.497 e. The van der Waals surface area contributed by atoms with E-state index in [-0.39, 0.29) is 17.1 Å². The fourth-order valence-corrected chi connectivity index (χ4v) is 4.76. The summed E-state index contributed by atoms with van der Waals surface area (Å²) in [6.07, 6.45) is 0. The van der Waals surface area contributed by atoms with E-state index in [2.05, 4.69) is 5.32 Å². The minimum atomic E-state index is -4.14. The van der Waals surface area contributed by atoms with Gasteiger partial charge < -0.3 is 14.8 Å². The first kappa shape index (κ1) is 23.4. The number of sulfonamides is 1. The molecule has 10 nitrogen and oxygen atoms in total. The van der Waals surface area contributed by atoms with Gasteiger partial charge in [0.15, 0.2) is 0 Å². The van der Waals surface area contributed by atoms with Gasteiger partial charge in [0.1, 0.15) is 12.3 Å². The van der Waals surface area contributed by atoms with Gasteiger partial charge in [0.25, 0.3) is 10.0 Å². The van der Waals surface area contributed by atoms with Crippen molar-refractivity contribution in [1.29, 1.82) is 0 Å². The van der Waals surface area contributed by atoms with Crippen molar-refractivity contribution in [3.8, 4) is 5.75 Å². The third-order valence-electron chi connectivity index (χ3n) is 5.11. The molecule has 3 aromatic rings. The molecule has 0 bridgehead atoms. The van der Waals surface area contributed by atoms with Crippen molar-refractivity contribution in [3.63, 3.8) is 0 Å². The lowest BCUT2D eigenvalue weighted by Gasteiger charge is -2.24. The van der Waals surface area contributed by atoms with Crippen molar-refractivity contribution in [2.45, 2.75) is 4.90 Å². The summed E-state index contributed by atoms with van der Waals surface area (Å²) in [6, 6.07) is 10.8. The molecule has 0 saturated heterocycles. The Morgan fingerprint density at radius 3 is 2.31 bits per heavy atom. The molecule has 0 spiro atoms. The van der Waals surface area contributed by atoms with Crippen molar-refractivity contribution in [2.24, 2.45) is 14.1 Å². The van der Waals surface area contributed by atoms with E-state index in [1.807, 2.05) is 0 Å². The molecule has 0 unspecified atom stereocenters. The topological polar surface area (TPSA) is 112 Å². The van der Waals surface area contributed by atoms with Crippen LogP contribution in [0, 0.1) is 0 Å². The number of benzene rings is 2. The van der Waals surface area contributed by atoms with E-state index >= 15 is 0 Å². The highest BCUT2D eigenvalue weighted by molar-refractivity contribution is 7.92. The number of imidazole rings is 1. The first-order chi connectivity index (χ1) is 15.2. The van der Waals surface area contributed by atoms with E-state index in [1.165, 1.54) is 35.5 Å². The molecule has 1 heterocycles. The van der Waals surface area contributed by atoms with Gasteiger partial charge in [-0.25, -0.2) is 13.2 Å². The van der Waals surface area contributed by atoms with Crippen LogP contribution in [-0.4, -0.2) is 57.4 Å². The lowest BCUT2D eigenvalue weighted by atomic mass is 10.3. The zero-order chi connectivity index (χ0) is 23.5. The number of amides is 1. The predicted molar refractivity (Wildman–Crippen MR) is 121 cm³/mol. The molecule has 2 aromatic carbocycles. The Labute approximate surface area is 186 Å². The van der Waals surface area contributed by atoms with Crippen LogP contribution in [0.1, 0.15) is 0 Å². The number of fused-ring (bicyclic) bond motifs is 1. The zero-order valence-corrected chi connectivity index (χ0v) is 19.2. The van der Waals surface area contributed by atoms with Gasteiger partial charge in [-0.15, -0.1) is 0 Å². The Morgan fingerprint density at radius 1 is 1.03 bits per heavy atom. The normalized spacial score (nSPS) is 11.5. The Kier molecular flexibility index (Phi) is 6.90. The molecule has 0 aliphatic carbocycles. The SMILES string of the molecule is COCCNC(=O)CN(c1ccc(OC)cc1)S(=O)(=O)c1ccc2c(c1)n(C)c(=O)n2C. The molecule has 0 radical (unpaired) electrons. The van der Waals surface area contributed by atoms with Crippen LogP contribution in [-0.2, 0) is 33.7 Å². The van der Waals surface area contributed by atoms with Crippen molar-refractivity contribution < 1.29 is 22.7 Å². The predicted octanol–water partition coefficient (Wildman–Crippen LogP) is 0.844. The first-order valence-corrected chi connectivity index (χ1v) is 11.2. The fourth-order valence-electron chi connectivity index (χ4n) is 3.32. The van der Waals surface area contributed by atoms with Crippen LogP contribution < -0.4 is 20.0 Å². The molecule has 0 atom stereocenters. The average Bonchev–Trinajstić information content (AvgIpc) is 3.01. The third kappa shape index (κ3) is 4.48. The van der Waals surface area contributed by atoms with Crippen LogP contribution in [0.5, 0.6) is 5.75 Å². The molecule has 1 N–H and O–H groups in total. The van der Waals surface area contributed by atoms with Crippen LogP contribution in [0.25, 0.3) is 11.0 Å². The highest BCUT2D eigenvalue weighted by Gasteiger charge is 2.28. The summed E-state index contributed by atoms with van der Waals surface area (Å²) >= 11 is 0. The standard InChI is InChI=1S/C21H26N4O6S/c1-23-18-10-9-17(13-19(18)24(2)21(23)27)32(28,29)25(14-20(26)22-11-12-30-3)15-5-7-16(31-4)8-6-15/h5-10,13H,11-12,14H2,1-4H3,(H,22,26). The van der Waals surface area contributed by atoms with E-state index in [1.54, 1.807) is 44.4 Å². The Bertz CT molecular complexity index is 1280. The number of aryl methyl sites for hydroxylation is 2. The molecule has 32 heavy (non-hydrogen) atoms. The van der Waals surface area contributed by atoms with Crippen LogP contribution in [0.4, 0.5) is 5.69 Å². The molecular formula is C21H26N4O6S. The molecule has 1 amide bonds. The zero-order valence-electron chi connectivity index (χ0n) is 18.4. The van der Waals surface area contributed by atoms with Crippen molar-refractivity contribution in [3.05, 3.63) is 52.9 Å². The van der Waals surface area contributed by atoms with E-state index in [9.17, 15) is 18.0 Å². The van der Waals surface area contributed by atoms with Crippen LogP contribution in [0.3, 0.4) is 0 Å². The summed E-state index contributed by atoms with van der Waals surface area (Å²) in [7, 11) is 2.07. The molecule has 1 aromatic heterocycles. The number of hydrogen-bond donors (Lipinski definition) is 1. The summed E-state index contributed by atoms with van der Waals surface area (Å²) in [4.78, 5) is 24.7. The Hall–Kier alpha value is -3.31. The average molecular weight is 463 g/mol. The second-order valence-electron chi connectivity index (χ2n) is 7.10. The molecule has 0 fully saturated rings. The molecule has 0 saturated carbocycles. The molecule has 11 heteroatoms. The van der Waals surface area contributed by atoms with Gasteiger partial charge in [-0.2, -0.15) is 0 Å². The molecule has 3 rings (SSSR count). The monoisotopic (exact) mass is 462 g/mol. The number of carbonyl (C=O) groups excluding carboxylic acids is 1. The summed E-state index contributed by atoms with van der Waals surface area (Å²) in [6.45, 7) is 0.133. The number of ether oxygens (including phenoxy) is 2. The maximum atomic E-state index is 13.6. The summed E-state index contributed by atoms with van der Waals surface area (Å²) in [5, 5.41) is 2.64. The highest BCUT2D eigenvalue weighted by Crippen LogP contribution is 2.27. The van der Waals surface area contributed by atoms with Crippen molar-refractivity contribution in [1.82, 2.24) is 14.5 Å². The molecule has 172 valence electrons. The fraction of sp³-hybridized carbons (Fsp3) is 0.333. The van der Waals surface area contributed by atoms with Gasteiger partial charge in [0, 0.05) is 27.7 Å². The number of hydrogen-bond acceptors (Lipinski definition) is 6. The van der Waals surface area contributed by atoms with Crippen molar-refractivity contribution in [2.75, 3.05) is 38.2 Å². The summed E-state index contributed by atoms with van der Waals surface area (Å²) in [5.41, 5.74) is 1.11. The molecule has 0 aliphatic heterocycles. The van der Waals surface area contributed by atoms with E-state index in [4.69, 9.17) is 9.47 Å². The number of aromatic nitrogens is 2. The van der Waals surface area contributed by atoms with E-state index in [0.29, 0.717) is 29.1 Å². The molecule has 0 aliphatic rings. The van der Waals surface area contributed by atoms with Crippen LogP contribution in [0.2, 0.25) is 0 Å². The second kappa shape index (κ2) is 9.45. The second-order valence-corrected chi connectivity index (χ2v) is 8.97. The van der Waals surface area contributed by atoms with Crippen LogP contribution >= 0.6 is 0 Å². The van der Waals surface area contributed by atoms with Gasteiger partial charge in [0.2, 0.25) is 5.91 Å². The van der Waals surface area contributed by atoms with Gasteiger partial charge in [-0.05, 0) is 42.5 Å². The lowest BCUT2D eigenvalue weighted by Crippen LogP contribution is -2.41. The highest BCUT2D eigenvalue weighted by atomic mass is 32.2. The van der Waals surface area contributed by atoms with E-state index < -0.39 is 22.5 Å². The number of methoxy groups -OCH3 is 2. The maximum Gasteiger partial charge on any atom is 0.328 e. The first-order valence-electron chi connectivity index (χ1n) is 9.78. The third-order valence-corrected chi connectivity index (χ3v) is 6.88. The number of anilines is 1. The summed E-state index contributed by atoms with van der Waals surface area (Å²) < 4.78 is 41.1. The number of nitrogens with one attached hydrogen (secondary N) is 1. The van der Waals surface area contributed by atoms with Gasteiger partial charge >= 0.3 is 5.69 Å². The Balaban J connectivity index is 2.05. The minimum absolute atomic E-state index is 0.0355. The van der Waals surface area contributed by atoms with Crippen molar-refractivity contribution >= 4 is 32.7 Å². The van der Waals surface area contributed by atoms with Gasteiger partial charge in [0.05, 0.1) is 35.3 Å². The van der Waals surface area contributed by atoms with Gasteiger partial charge in [-0.1, -0.05) is 0 Å². The molecular weight excluding hydrogens is 436 g/mol.